The number of rotatable bonds is 6. The summed E-state index contributed by atoms with van der Waals surface area (Å²) in [5.41, 5.74) is 6.36. The lowest BCUT2D eigenvalue weighted by Gasteiger charge is -2.19. The second kappa shape index (κ2) is 7.36. The predicted molar refractivity (Wildman–Crippen MR) is 77.3 cm³/mol. The maximum atomic E-state index is 11.9. The molecule has 106 valence electrons. The summed E-state index contributed by atoms with van der Waals surface area (Å²) in [6, 6.07) is 5.42. The van der Waals surface area contributed by atoms with Gasteiger partial charge in [0.25, 0.3) is 5.91 Å². The van der Waals surface area contributed by atoms with Crippen molar-refractivity contribution in [2.75, 3.05) is 0 Å². The fourth-order valence-electron chi connectivity index (χ4n) is 1.55. The first-order valence-corrected chi connectivity index (χ1v) is 6.81. The Labute approximate surface area is 119 Å². The van der Waals surface area contributed by atoms with Crippen molar-refractivity contribution >= 4 is 17.5 Å². The molecule has 0 aliphatic heterocycles. The molecule has 2 unspecified atom stereocenters. The number of ether oxygens (including phenoxy) is 1. The first-order valence-electron chi connectivity index (χ1n) is 6.44. The first kappa shape index (κ1) is 15.8. The molecule has 1 rings (SSSR count). The number of hydrogen-bond acceptors (Lipinski definition) is 3. The van der Waals surface area contributed by atoms with Crippen LogP contribution in [-0.4, -0.2) is 18.1 Å². The fourth-order valence-corrected chi connectivity index (χ4v) is 1.80. The minimum Gasteiger partial charge on any atom is -0.481 e. The number of hydrogen-bond donors (Lipinski definition) is 2. The van der Waals surface area contributed by atoms with Crippen LogP contribution >= 0.6 is 11.6 Å². The van der Waals surface area contributed by atoms with Crippen molar-refractivity contribution in [3.05, 3.63) is 28.8 Å². The highest BCUT2D eigenvalue weighted by atomic mass is 35.5. The molecule has 0 spiro atoms. The molecule has 0 aromatic heterocycles. The zero-order valence-corrected chi connectivity index (χ0v) is 12.3. The van der Waals surface area contributed by atoms with E-state index in [1.807, 2.05) is 13.8 Å². The van der Waals surface area contributed by atoms with Crippen molar-refractivity contribution in [2.24, 2.45) is 5.73 Å². The lowest BCUT2D eigenvalue weighted by atomic mass is 10.2. The van der Waals surface area contributed by atoms with E-state index in [-0.39, 0.29) is 18.5 Å². The molecule has 0 fully saturated rings. The standard InChI is InChI=1S/C14H21ClN2O2/c1-4-9(2)17-14(18)10(3)19-13-7-5-6-12(15)11(13)8-16/h5-7,9-10H,4,8,16H2,1-3H3,(H,17,18). The Morgan fingerprint density at radius 3 is 2.74 bits per heavy atom. The maximum absolute atomic E-state index is 11.9. The van der Waals surface area contributed by atoms with E-state index >= 15 is 0 Å². The van der Waals surface area contributed by atoms with Crippen LogP contribution in [0, 0.1) is 0 Å². The molecule has 0 bridgehead atoms. The Morgan fingerprint density at radius 2 is 2.16 bits per heavy atom. The number of carbonyl (C=O) groups is 1. The van der Waals surface area contributed by atoms with Gasteiger partial charge in [0.2, 0.25) is 0 Å². The SMILES string of the molecule is CCC(C)NC(=O)C(C)Oc1cccc(Cl)c1CN. The lowest BCUT2D eigenvalue weighted by Crippen LogP contribution is -2.41. The van der Waals surface area contributed by atoms with E-state index in [2.05, 4.69) is 5.32 Å². The minimum atomic E-state index is -0.585. The Hall–Kier alpha value is -1.26. The summed E-state index contributed by atoms with van der Waals surface area (Å²) < 4.78 is 5.65. The molecular weight excluding hydrogens is 264 g/mol. The summed E-state index contributed by atoms with van der Waals surface area (Å²) in [6.07, 6.45) is 0.293. The zero-order chi connectivity index (χ0) is 14.4. The van der Waals surface area contributed by atoms with Crippen LogP contribution in [0.15, 0.2) is 18.2 Å². The van der Waals surface area contributed by atoms with E-state index in [9.17, 15) is 4.79 Å². The van der Waals surface area contributed by atoms with Gasteiger partial charge in [0.15, 0.2) is 6.10 Å². The monoisotopic (exact) mass is 284 g/mol. The summed E-state index contributed by atoms with van der Waals surface area (Å²) >= 11 is 6.04. The van der Waals surface area contributed by atoms with Gasteiger partial charge in [0.1, 0.15) is 5.75 Å². The molecular formula is C14H21ClN2O2. The smallest absolute Gasteiger partial charge is 0.260 e. The minimum absolute atomic E-state index is 0.131. The molecule has 4 nitrogen and oxygen atoms in total. The van der Waals surface area contributed by atoms with Gasteiger partial charge < -0.3 is 15.8 Å². The molecule has 3 N–H and O–H groups in total. The van der Waals surface area contributed by atoms with Gasteiger partial charge in [-0.15, -0.1) is 0 Å². The molecule has 0 saturated heterocycles. The van der Waals surface area contributed by atoms with E-state index in [0.29, 0.717) is 16.3 Å². The third kappa shape index (κ3) is 4.40. The quantitative estimate of drug-likeness (QED) is 0.843. The Kier molecular flexibility index (Phi) is 6.12. The van der Waals surface area contributed by atoms with Gasteiger partial charge in [-0.25, -0.2) is 0 Å². The Bertz CT molecular complexity index is 437. The molecule has 0 aliphatic carbocycles. The predicted octanol–water partition coefficient (Wildman–Crippen LogP) is 2.48. The highest BCUT2D eigenvalue weighted by Gasteiger charge is 2.18. The number of nitrogens with one attached hydrogen (secondary N) is 1. The van der Waals surface area contributed by atoms with Crippen molar-refractivity contribution in [1.29, 1.82) is 0 Å². The second-order valence-electron chi connectivity index (χ2n) is 4.50. The number of benzene rings is 1. The van der Waals surface area contributed by atoms with Crippen molar-refractivity contribution in [2.45, 2.75) is 45.9 Å². The average molecular weight is 285 g/mol. The highest BCUT2D eigenvalue weighted by Crippen LogP contribution is 2.26. The summed E-state index contributed by atoms with van der Waals surface area (Å²) in [5, 5.41) is 3.42. The van der Waals surface area contributed by atoms with Gasteiger partial charge in [0.05, 0.1) is 0 Å². The van der Waals surface area contributed by atoms with Gasteiger partial charge in [-0.3, -0.25) is 4.79 Å². The van der Waals surface area contributed by atoms with Crippen LogP contribution in [0.2, 0.25) is 5.02 Å². The lowest BCUT2D eigenvalue weighted by molar-refractivity contribution is -0.127. The Morgan fingerprint density at radius 1 is 1.47 bits per heavy atom. The van der Waals surface area contributed by atoms with Crippen LogP contribution in [0.1, 0.15) is 32.8 Å². The summed E-state index contributed by atoms with van der Waals surface area (Å²) in [7, 11) is 0. The van der Waals surface area contributed by atoms with Crippen molar-refractivity contribution in [3.63, 3.8) is 0 Å². The number of halogens is 1. The molecule has 2 atom stereocenters. The van der Waals surface area contributed by atoms with Crippen LogP contribution < -0.4 is 15.8 Å². The van der Waals surface area contributed by atoms with Crippen LogP contribution in [0.3, 0.4) is 0 Å². The topological polar surface area (TPSA) is 64.3 Å². The molecule has 5 heteroatoms. The Balaban J connectivity index is 2.74. The van der Waals surface area contributed by atoms with Gasteiger partial charge in [-0.05, 0) is 32.4 Å². The van der Waals surface area contributed by atoms with Gasteiger partial charge in [-0.1, -0.05) is 24.6 Å². The van der Waals surface area contributed by atoms with Crippen molar-refractivity contribution in [1.82, 2.24) is 5.32 Å². The largest absolute Gasteiger partial charge is 0.481 e. The van der Waals surface area contributed by atoms with Gasteiger partial charge >= 0.3 is 0 Å². The third-order valence-electron chi connectivity index (χ3n) is 2.95. The van der Waals surface area contributed by atoms with Crippen LogP contribution in [0.5, 0.6) is 5.75 Å². The summed E-state index contributed by atoms with van der Waals surface area (Å²) in [4.78, 5) is 11.9. The van der Waals surface area contributed by atoms with E-state index < -0.39 is 6.10 Å². The van der Waals surface area contributed by atoms with Crippen LogP contribution in [-0.2, 0) is 11.3 Å². The second-order valence-corrected chi connectivity index (χ2v) is 4.91. The molecule has 0 heterocycles. The molecule has 19 heavy (non-hydrogen) atoms. The van der Waals surface area contributed by atoms with Crippen molar-refractivity contribution < 1.29 is 9.53 Å². The average Bonchev–Trinajstić information content (AvgIpc) is 2.38. The maximum Gasteiger partial charge on any atom is 0.260 e. The molecule has 1 aromatic rings. The molecule has 0 aliphatic rings. The molecule has 0 radical (unpaired) electrons. The first-order chi connectivity index (χ1) is 8.99. The summed E-state index contributed by atoms with van der Waals surface area (Å²) in [5.74, 6) is 0.416. The van der Waals surface area contributed by atoms with Crippen molar-refractivity contribution in [3.8, 4) is 5.75 Å². The molecule has 1 amide bonds. The molecule has 0 saturated carbocycles. The highest BCUT2D eigenvalue weighted by molar-refractivity contribution is 6.31. The van der Waals surface area contributed by atoms with E-state index in [1.165, 1.54) is 0 Å². The van der Waals surface area contributed by atoms with Crippen LogP contribution in [0.25, 0.3) is 0 Å². The number of amides is 1. The fraction of sp³-hybridized carbons (Fsp3) is 0.500. The number of nitrogens with two attached hydrogens (primary N) is 1. The van der Waals surface area contributed by atoms with E-state index in [0.717, 1.165) is 6.42 Å². The normalized spacial score (nSPS) is 13.7. The summed E-state index contributed by atoms with van der Waals surface area (Å²) in [6.45, 7) is 5.95. The van der Waals surface area contributed by atoms with E-state index in [1.54, 1.807) is 25.1 Å². The van der Waals surface area contributed by atoms with Gasteiger partial charge in [-0.2, -0.15) is 0 Å². The molecule has 1 aromatic carbocycles. The third-order valence-corrected chi connectivity index (χ3v) is 3.31. The number of carbonyl (C=O) groups excluding carboxylic acids is 1. The zero-order valence-electron chi connectivity index (χ0n) is 11.6. The van der Waals surface area contributed by atoms with Crippen LogP contribution in [0.4, 0.5) is 0 Å². The van der Waals surface area contributed by atoms with Gasteiger partial charge in [0, 0.05) is 23.2 Å². The van der Waals surface area contributed by atoms with E-state index in [4.69, 9.17) is 22.1 Å².